The van der Waals surface area contributed by atoms with Crippen molar-refractivity contribution >= 4 is 173 Å². The van der Waals surface area contributed by atoms with Crippen LogP contribution in [0, 0.1) is 17.5 Å². The number of anilines is 3. The molecule has 16 nitrogen and oxygen atoms in total. The van der Waals surface area contributed by atoms with Crippen molar-refractivity contribution in [2.45, 2.75) is 0 Å². The highest BCUT2D eigenvalue weighted by molar-refractivity contribution is 7.23. The number of hydrogen-bond acceptors (Lipinski definition) is 16. The Kier molecular flexibility index (Phi) is 26.2. The molecule has 28 heteroatoms. The van der Waals surface area contributed by atoms with Crippen LogP contribution < -0.4 is 30.6 Å². The topological polar surface area (TPSA) is 238 Å². The number of halogens is 9. The second kappa shape index (κ2) is 32.9. The molecular weight excluding hydrogens is 1290 g/mol. The van der Waals surface area contributed by atoms with Crippen molar-refractivity contribution in [3.8, 4) is 23.0 Å². The number of hydrogen-bond donors (Lipinski definition) is 5. The lowest BCUT2D eigenvalue weighted by Gasteiger charge is -2.08. The van der Waals surface area contributed by atoms with Gasteiger partial charge < -0.3 is 30.2 Å². The number of pyridine rings is 1. The molecule has 0 aliphatic rings. The van der Waals surface area contributed by atoms with Crippen molar-refractivity contribution in [3.63, 3.8) is 0 Å². The monoisotopic (exact) mass is 1330 g/mol. The van der Waals surface area contributed by atoms with Gasteiger partial charge in [0, 0.05) is 32.5 Å². The molecule has 0 saturated heterocycles. The predicted molar refractivity (Wildman–Crippen MR) is 335 cm³/mol. The smallest absolute Gasteiger partial charge is 0.339 e. The fourth-order valence-corrected chi connectivity index (χ4v) is 10.1. The molecule has 0 bridgehead atoms. The highest BCUT2D eigenvalue weighted by Gasteiger charge is 2.18. The molecular formula is C57H42Cl6F3N7O9S3. The van der Waals surface area contributed by atoms with Crippen molar-refractivity contribution < 1.29 is 56.8 Å². The average molecular weight is 1330 g/mol. The lowest BCUT2D eigenvalue weighted by Crippen LogP contribution is -2.13. The number of nitrogens with one attached hydrogen (secondary N) is 2. The van der Waals surface area contributed by atoms with Gasteiger partial charge in [0.15, 0.2) is 15.4 Å². The minimum Gasteiger partial charge on any atom is -0.507 e. The molecule has 2 amide bonds. The van der Waals surface area contributed by atoms with Crippen LogP contribution in [0.1, 0.15) is 41.4 Å². The Morgan fingerprint density at radius 3 is 1.27 bits per heavy atom. The first-order valence-electron chi connectivity index (χ1n) is 23.5. The number of nitrogens with two attached hydrogens (primary N) is 1. The number of ether oxygens (including phenoxy) is 3. The number of methoxy groups -OCH3 is 3. The summed E-state index contributed by atoms with van der Waals surface area (Å²) in [4.78, 5) is 61.6. The van der Waals surface area contributed by atoms with Crippen LogP contribution in [0.25, 0.3) is 30.6 Å². The van der Waals surface area contributed by atoms with Crippen molar-refractivity contribution in [1.82, 2.24) is 19.9 Å². The number of carbonyl (C=O) groups excluding carboxylic acids is 3. The molecule has 11 aromatic rings. The SMILES string of the molecule is COc1ccc(Cl)cc1C(=O)Cl.COc1ccc(Cl)cc1C(=O)Nc1nc2c(F)cccc2s1.COc1ccc(Cl)cc1C(=O)O.Cl.Nc1nc2c(F)cccc2s1.O=C(Nc1nc2c(F)cccc2s1)c1cc(Cl)ccc1O.c1ccncc1. The van der Waals surface area contributed by atoms with Crippen molar-refractivity contribution in [3.05, 3.63) is 218 Å². The summed E-state index contributed by atoms with van der Waals surface area (Å²) in [6, 6.07) is 37.8. The van der Waals surface area contributed by atoms with E-state index < -0.39 is 34.7 Å². The summed E-state index contributed by atoms with van der Waals surface area (Å²) in [6.45, 7) is 0. The van der Waals surface area contributed by atoms with E-state index in [9.17, 15) is 37.5 Å². The van der Waals surface area contributed by atoms with E-state index in [0.717, 1.165) is 16.0 Å². The Morgan fingerprint density at radius 2 is 0.882 bits per heavy atom. The van der Waals surface area contributed by atoms with Crippen LogP contribution in [-0.4, -0.2) is 74.5 Å². The van der Waals surface area contributed by atoms with Crippen LogP contribution in [0.2, 0.25) is 20.1 Å². The third-order valence-electron chi connectivity index (χ3n) is 10.5. The number of rotatable bonds is 9. The molecule has 0 saturated carbocycles. The third-order valence-corrected chi connectivity index (χ3v) is 14.4. The molecule has 4 heterocycles. The number of aromatic carboxylic acids is 1. The minimum atomic E-state index is -1.05. The number of nitrogens with zero attached hydrogens (tertiary/aromatic N) is 4. The molecule has 4 aromatic heterocycles. The summed E-state index contributed by atoms with van der Waals surface area (Å²) in [5.74, 6) is -2.26. The number of benzene rings is 7. The predicted octanol–water partition coefficient (Wildman–Crippen LogP) is 16.7. The van der Waals surface area contributed by atoms with Crippen LogP contribution in [0.3, 0.4) is 0 Å². The van der Waals surface area contributed by atoms with E-state index in [-0.39, 0.29) is 62.4 Å². The van der Waals surface area contributed by atoms with Gasteiger partial charge in [0.2, 0.25) is 0 Å². The quantitative estimate of drug-likeness (QED) is 0.0845. The molecule has 7 aromatic carbocycles. The minimum absolute atomic E-state index is 0. The van der Waals surface area contributed by atoms with E-state index in [1.807, 2.05) is 18.2 Å². The number of nitrogen functional groups attached to an aromatic ring is 1. The van der Waals surface area contributed by atoms with E-state index in [1.165, 1.54) is 105 Å². The second-order valence-electron chi connectivity index (χ2n) is 16.1. The Bertz CT molecular complexity index is 4020. The van der Waals surface area contributed by atoms with Crippen LogP contribution in [0.15, 0.2) is 158 Å². The molecule has 0 radical (unpaired) electrons. The number of aromatic nitrogens is 4. The highest BCUT2D eigenvalue weighted by Crippen LogP contribution is 2.32. The maximum absolute atomic E-state index is 13.6. The first-order chi connectivity index (χ1) is 40.2. The fraction of sp³-hybridized carbons (Fsp3) is 0.0526. The maximum Gasteiger partial charge on any atom is 0.339 e. The normalized spacial score (nSPS) is 10.1. The summed E-state index contributed by atoms with van der Waals surface area (Å²) in [6.07, 6.45) is 3.50. The molecule has 0 unspecified atom stereocenters. The number of aromatic hydroxyl groups is 1. The zero-order valence-corrected chi connectivity index (χ0v) is 50.8. The first-order valence-corrected chi connectivity index (χ1v) is 27.8. The summed E-state index contributed by atoms with van der Waals surface area (Å²) >= 11 is 31.9. The number of thiazole rings is 3. The van der Waals surface area contributed by atoms with Crippen molar-refractivity contribution in [2.24, 2.45) is 0 Å². The van der Waals surface area contributed by atoms with E-state index >= 15 is 0 Å². The molecule has 0 atom stereocenters. The zero-order valence-electron chi connectivity index (χ0n) is 43.8. The molecule has 11 rings (SSSR count). The van der Waals surface area contributed by atoms with Gasteiger partial charge in [-0.15, -0.1) is 12.4 Å². The van der Waals surface area contributed by atoms with E-state index in [0.29, 0.717) is 62.5 Å². The van der Waals surface area contributed by atoms with Crippen LogP contribution in [0.4, 0.5) is 28.6 Å². The standard InChI is InChI=1S/C15H10ClFN2O2S.C14H8ClFN2O2S.C8H6Cl2O2.C8H7ClO3.C7H5FN2S.C5H5N.ClH/c1-21-11-6-5-8(16)7-9(11)14(20)19-15-18-13-10(17)3-2-4-12(13)22-15;15-7-4-5-10(19)8(6-7)13(20)18-14-17-12-9(16)2-1-3-11(12)21-14;2*1-12-7-3-2-5(9)4-6(7)8(10)11;8-4-2-1-3-5-6(4)10-7(9)11-5;1-2-4-6-5-3-1;/h2-7H,1H3,(H,18,19,20);1-6,19H,(H,17,18,20);2-4H,1H3;2-4H,1H3,(H,10,11);1-3H,(H2,9,10);1-5H;1H. The lowest BCUT2D eigenvalue weighted by atomic mass is 10.2. The van der Waals surface area contributed by atoms with Crippen LogP contribution >= 0.6 is 104 Å². The number of carbonyl (C=O) groups is 4. The number of para-hydroxylation sites is 3. The van der Waals surface area contributed by atoms with E-state index in [1.54, 1.807) is 79.1 Å². The molecule has 6 N–H and O–H groups in total. The Labute approximate surface area is 524 Å². The van der Waals surface area contributed by atoms with Crippen molar-refractivity contribution in [2.75, 3.05) is 37.7 Å². The number of phenolic OH excluding ortho intramolecular Hbond substituents is 1. The number of fused-ring (bicyclic) bond motifs is 3. The molecule has 0 aliphatic heterocycles. The van der Waals surface area contributed by atoms with Gasteiger partial charge in [-0.25, -0.2) is 32.9 Å². The molecule has 0 spiro atoms. The van der Waals surface area contributed by atoms with Gasteiger partial charge in [-0.05, 0) is 133 Å². The van der Waals surface area contributed by atoms with Crippen LogP contribution in [0.5, 0.6) is 23.0 Å². The third kappa shape index (κ3) is 19.5. The van der Waals surface area contributed by atoms with Crippen LogP contribution in [-0.2, 0) is 0 Å². The fourth-order valence-electron chi connectivity index (χ4n) is 6.74. The Hall–Kier alpha value is -8.03. The Morgan fingerprint density at radius 1 is 0.506 bits per heavy atom. The zero-order chi connectivity index (χ0) is 61.0. The van der Waals surface area contributed by atoms with Gasteiger partial charge in [0.25, 0.3) is 17.1 Å². The Balaban J connectivity index is 0.000000194. The molecule has 0 fully saturated rings. The van der Waals surface area contributed by atoms with Gasteiger partial charge >= 0.3 is 5.97 Å². The van der Waals surface area contributed by atoms with Gasteiger partial charge in [0.1, 0.15) is 62.6 Å². The second-order valence-corrected chi connectivity index (χ2v) is 21.3. The molecule has 85 heavy (non-hydrogen) atoms. The highest BCUT2D eigenvalue weighted by atomic mass is 35.5. The van der Waals surface area contributed by atoms with Gasteiger partial charge in [-0.1, -0.05) is 105 Å². The van der Waals surface area contributed by atoms with E-state index in [4.69, 9.17) is 83.1 Å². The summed E-state index contributed by atoms with van der Waals surface area (Å²) < 4.78 is 57.0. The van der Waals surface area contributed by atoms with Crippen molar-refractivity contribution in [1.29, 1.82) is 0 Å². The number of carboxylic acid groups (broad SMARTS) is 1. The van der Waals surface area contributed by atoms with Gasteiger partial charge in [0.05, 0.1) is 52.1 Å². The maximum atomic E-state index is 13.6. The largest absolute Gasteiger partial charge is 0.507 e. The molecule has 440 valence electrons. The molecule has 0 aliphatic carbocycles. The van der Waals surface area contributed by atoms with Gasteiger partial charge in [-0.2, -0.15) is 0 Å². The average Bonchev–Trinajstić information content (AvgIpc) is 3.41. The first kappa shape index (κ1) is 67.8. The number of phenols is 1. The summed E-state index contributed by atoms with van der Waals surface area (Å²) in [5.41, 5.74) is 6.88. The summed E-state index contributed by atoms with van der Waals surface area (Å²) in [7, 11) is 4.34. The number of amides is 2. The van der Waals surface area contributed by atoms with Gasteiger partial charge in [-0.3, -0.25) is 30.0 Å². The van der Waals surface area contributed by atoms with E-state index in [2.05, 4.69) is 30.6 Å². The lowest BCUT2D eigenvalue weighted by molar-refractivity contribution is 0.0692. The number of carboxylic acids is 1. The summed E-state index contributed by atoms with van der Waals surface area (Å²) in [5, 5.41) is 25.5.